The van der Waals surface area contributed by atoms with E-state index in [1.54, 1.807) is 7.11 Å². The Kier molecular flexibility index (Phi) is 7.65. The van der Waals surface area contributed by atoms with Crippen LogP contribution in [0, 0.1) is 0 Å². The minimum absolute atomic E-state index is 0.313. The molecule has 0 aliphatic heterocycles. The zero-order chi connectivity index (χ0) is 15.7. The van der Waals surface area contributed by atoms with Gasteiger partial charge in [0.2, 0.25) is 0 Å². The molecule has 0 saturated carbocycles. The zero-order valence-corrected chi connectivity index (χ0v) is 13.9. The highest BCUT2D eigenvalue weighted by Gasteiger charge is 2.11. The number of ether oxygens (including phenoxy) is 1. The molecule has 2 N–H and O–H groups in total. The maximum Gasteiger partial charge on any atom is 0.191 e. The van der Waals surface area contributed by atoms with Crippen LogP contribution in [-0.4, -0.2) is 32.2 Å². The second kappa shape index (κ2) is 9.27. The Labute approximate surface area is 129 Å². The maximum atomic E-state index is 5.42. The van der Waals surface area contributed by atoms with Gasteiger partial charge >= 0.3 is 0 Å². The van der Waals surface area contributed by atoms with Crippen LogP contribution in [0.3, 0.4) is 0 Å². The summed E-state index contributed by atoms with van der Waals surface area (Å²) in [4.78, 5) is 4.69. The van der Waals surface area contributed by atoms with Crippen molar-refractivity contribution in [1.82, 2.24) is 10.6 Å². The normalized spacial score (nSPS) is 14.4. The summed E-state index contributed by atoms with van der Waals surface area (Å²) in [5.41, 5.74) is 1.20. The van der Waals surface area contributed by atoms with Gasteiger partial charge in [-0.05, 0) is 31.9 Å². The Morgan fingerprint density at radius 3 is 2.57 bits per heavy atom. The molecule has 1 aromatic carbocycles. The molecule has 0 saturated heterocycles. The number of hydrogen-bond donors (Lipinski definition) is 2. The van der Waals surface area contributed by atoms with Crippen molar-refractivity contribution in [3.8, 4) is 5.75 Å². The van der Waals surface area contributed by atoms with E-state index < -0.39 is 0 Å². The summed E-state index contributed by atoms with van der Waals surface area (Å²) in [6.07, 6.45) is 1.08. The minimum Gasteiger partial charge on any atom is -0.496 e. The van der Waals surface area contributed by atoms with Crippen molar-refractivity contribution in [3.05, 3.63) is 29.8 Å². The summed E-state index contributed by atoms with van der Waals surface area (Å²) in [5, 5.41) is 6.70. The van der Waals surface area contributed by atoms with E-state index in [9.17, 15) is 0 Å². The van der Waals surface area contributed by atoms with E-state index in [0.717, 1.165) is 31.2 Å². The summed E-state index contributed by atoms with van der Waals surface area (Å²) in [5.74, 6) is 2.13. The molecule has 2 unspecified atom stereocenters. The van der Waals surface area contributed by atoms with E-state index in [-0.39, 0.29) is 0 Å². The number of para-hydroxylation sites is 1. The Morgan fingerprint density at radius 1 is 1.24 bits per heavy atom. The van der Waals surface area contributed by atoms with E-state index in [2.05, 4.69) is 44.4 Å². The lowest BCUT2D eigenvalue weighted by Crippen LogP contribution is -2.42. The second-order valence-corrected chi connectivity index (χ2v) is 5.32. The van der Waals surface area contributed by atoms with Crippen molar-refractivity contribution in [2.45, 2.75) is 46.1 Å². The molecule has 1 rings (SSSR count). The number of benzene rings is 1. The van der Waals surface area contributed by atoms with Crippen LogP contribution in [0.15, 0.2) is 29.3 Å². The quantitative estimate of drug-likeness (QED) is 0.599. The van der Waals surface area contributed by atoms with Gasteiger partial charge in [-0.1, -0.05) is 32.0 Å². The average molecular weight is 291 g/mol. The van der Waals surface area contributed by atoms with Crippen molar-refractivity contribution < 1.29 is 4.74 Å². The first kappa shape index (κ1) is 17.3. The van der Waals surface area contributed by atoms with Crippen LogP contribution in [-0.2, 0) is 0 Å². The van der Waals surface area contributed by atoms with E-state index in [1.165, 1.54) is 5.56 Å². The fourth-order valence-corrected chi connectivity index (χ4v) is 2.06. The molecule has 0 aromatic heterocycles. The van der Waals surface area contributed by atoms with Crippen molar-refractivity contribution in [2.24, 2.45) is 4.99 Å². The van der Waals surface area contributed by atoms with Crippen LogP contribution < -0.4 is 15.4 Å². The molecule has 0 fully saturated rings. The zero-order valence-electron chi connectivity index (χ0n) is 13.9. The number of aliphatic imine (C=N–C) groups is 1. The number of guanidine groups is 1. The molecule has 118 valence electrons. The Bertz CT molecular complexity index is 445. The molecule has 2 atom stereocenters. The third-order valence-electron chi connectivity index (χ3n) is 3.53. The molecule has 21 heavy (non-hydrogen) atoms. The van der Waals surface area contributed by atoms with Crippen LogP contribution in [0.4, 0.5) is 0 Å². The average Bonchev–Trinajstić information content (AvgIpc) is 2.52. The molecule has 0 radical (unpaired) electrons. The SMILES string of the molecule is CCNC(=NCC(C)c1ccccc1OC)NC(C)CC. The molecular formula is C17H29N3O. The Morgan fingerprint density at radius 2 is 1.95 bits per heavy atom. The smallest absolute Gasteiger partial charge is 0.191 e. The van der Waals surface area contributed by atoms with Crippen molar-refractivity contribution >= 4 is 5.96 Å². The number of nitrogens with zero attached hydrogens (tertiary/aromatic N) is 1. The van der Waals surface area contributed by atoms with Gasteiger partial charge in [0.15, 0.2) is 5.96 Å². The summed E-state index contributed by atoms with van der Waals surface area (Å²) in [6.45, 7) is 10.2. The van der Waals surface area contributed by atoms with Crippen LogP contribution in [0.2, 0.25) is 0 Å². The van der Waals surface area contributed by atoms with Crippen molar-refractivity contribution in [1.29, 1.82) is 0 Å². The number of hydrogen-bond acceptors (Lipinski definition) is 2. The summed E-state index contributed by atoms with van der Waals surface area (Å²) >= 11 is 0. The van der Waals surface area contributed by atoms with Gasteiger partial charge in [0.05, 0.1) is 7.11 Å². The van der Waals surface area contributed by atoms with Crippen LogP contribution in [0.5, 0.6) is 5.75 Å². The molecule has 0 spiro atoms. The van der Waals surface area contributed by atoms with Gasteiger partial charge in [-0.3, -0.25) is 4.99 Å². The molecule has 0 amide bonds. The monoisotopic (exact) mass is 291 g/mol. The van der Waals surface area contributed by atoms with Gasteiger partial charge in [-0.25, -0.2) is 0 Å². The molecule has 4 heteroatoms. The van der Waals surface area contributed by atoms with Gasteiger partial charge in [-0.15, -0.1) is 0 Å². The van der Waals surface area contributed by atoms with Crippen LogP contribution in [0.25, 0.3) is 0 Å². The molecule has 1 aromatic rings. The van der Waals surface area contributed by atoms with Gasteiger partial charge in [-0.2, -0.15) is 0 Å². The van der Waals surface area contributed by atoms with Gasteiger partial charge in [0.25, 0.3) is 0 Å². The predicted octanol–water partition coefficient (Wildman–Crippen LogP) is 3.15. The lowest BCUT2D eigenvalue weighted by atomic mass is 10.0. The van der Waals surface area contributed by atoms with Crippen molar-refractivity contribution in [3.63, 3.8) is 0 Å². The Balaban J connectivity index is 2.74. The number of rotatable bonds is 7. The lowest BCUT2D eigenvalue weighted by molar-refractivity contribution is 0.406. The van der Waals surface area contributed by atoms with E-state index in [4.69, 9.17) is 9.73 Å². The van der Waals surface area contributed by atoms with Crippen LogP contribution >= 0.6 is 0 Å². The van der Waals surface area contributed by atoms with Gasteiger partial charge in [0, 0.05) is 25.0 Å². The molecule has 4 nitrogen and oxygen atoms in total. The highest BCUT2D eigenvalue weighted by Crippen LogP contribution is 2.26. The highest BCUT2D eigenvalue weighted by molar-refractivity contribution is 5.80. The fraction of sp³-hybridized carbons (Fsp3) is 0.588. The topological polar surface area (TPSA) is 45.7 Å². The summed E-state index contributed by atoms with van der Waals surface area (Å²) in [6, 6.07) is 8.56. The minimum atomic E-state index is 0.313. The van der Waals surface area contributed by atoms with Gasteiger partial charge < -0.3 is 15.4 Å². The predicted molar refractivity (Wildman–Crippen MR) is 90.3 cm³/mol. The summed E-state index contributed by atoms with van der Waals surface area (Å²) in [7, 11) is 1.71. The third-order valence-corrected chi connectivity index (χ3v) is 3.53. The molecule has 0 aliphatic rings. The summed E-state index contributed by atoms with van der Waals surface area (Å²) < 4.78 is 5.42. The number of nitrogens with one attached hydrogen (secondary N) is 2. The van der Waals surface area contributed by atoms with E-state index in [0.29, 0.717) is 12.0 Å². The Hall–Kier alpha value is -1.71. The van der Waals surface area contributed by atoms with E-state index >= 15 is 0 Å². The molecule has 0 aliphatic carbocycles. The largest absolute Gasteiger partial charge is 0.496 e. The third kappa shape index (κ3) is 5.66. The fourth-order valence-electron chi connectivity index (χ4n) is 2.06. The highest BCUT2D eigenvalue weighted by atomic mass is 16.5. The maximum absolute atomic E-state index is 5.42. The second-order valence-electron chi connectivity index (χ2n) is 5.32. The van der Waals surface area contributed by atoms with Crippen LogP contribution in [0.1, 0.15) is 45.6 Å². The molecule has 0 bridgehead atoms. The standard InChI is InChI=1S/C17H29N3O/c1-6-14(4)20-17(18-7-2)19-12-13(3)15-10-8-9-11-16(15)21-5/h8-11,13-14H,6-7,12H2,1-5H3,(H2,18,19,20). The first-order chi connectivity index (χ1) is 10.1. The first-order valence-corrected chi connectivity index (χ1v) is 7.80. The number of methoxy groups -OCH3 is 1. The lowest BCUT2D eigenvalue weighted by Gasteiger charge is -2.18. The van der Waals surface area contributed by atoms with E-state index in [1.807, 2.05) is 18.2 Å². The van der Waals surface area contributed by atoms with Gasteiger partial charge in [0.1, 0.15) is 5.75 Å². The van der Waals surface area contributed by atoms with Crippen molar-refractivity contribution in [2.75, 3.05) is 20.2 Å². The first-order valence-electron chi connectivity index (χ1n) is 7.80. The molecule has 0 heterocycles. The molecular weight excluding hydrogens is 262 g/mol.